The predicted molar refractivity (Wildman–Crippen MR) is 76.1 cm³/mol. The van der Waals surface area contributed by atoms with Crippen LogP contribution in [0.4, 0.5) is 5.82 Å². The predicted octanol–water partition coefficient (Wildman–Crippen LogP) is 2.98. The number of hydrogen-bond donors (Lipinski definition) is 0. The van der Waals surface area contributed by atoms with E-state index in [0.717, 1.165) is 42.5 Å². The van der Waals surface area contributed by atoms with Gasteiger partial charge in [-0.05, 0) is 42.6 Å². The molecule has 0 amide bonds. The largest absolute Gasteiger partial charge is 0.380 e. The number of ether oxygens (including phenoxy) is 1. The number of rotatable bonds is 7. The van der Waals surface area contributed by atoms with Gasteiger partial charge in [-0.2, -0.15) is 0 Å². The Morgan fingerprint density at radius 1 is 1.39 bits per heavy atom. The minimum absolute atomic E-state index is 0.576. The number of aromatic nitrogens is 2. The number of halogens is 1. The first-order valence-corrected chi connectivity index (χ1v) is 7.41. The van der Waals surface area contributed by atoms with Crippen LogP contribution in [-0.4, -0.2) is 36.3 Å². The van der Waals surface area contributed by atoms with Gasteiger partial charge in [0.25, 0.3) is 0 Å². The molecule has 18 heavy (non-hydrogen) atoms. The summed E-state index contributed by atoms with van der Waals surface area (Å²) >= 11 is 3.48. The average Bonchev–Trinajstić information content (AvgIpc) is 3.18. The molecule has 1 aromatic heterocycles. The molecule has 0 N–H and O–H groups in total. The fourth-order valence-corrected chi connectivity index (χ4v) is 2.25. The first-order chi connectivity index (χ1) is 8.74. The molecule has 1 heterocycles. The highest BCUT2D eigenvalue weighted by atomic mass is 79.9. The highest BCUT2D eigenvalue weighted by molar-refractivity contribution is 9.10. The third kappa shape index (κ3) is 3.65. The number of likely N-dealkylation sites (N-methyl/N-ethyl adjacent to an activating group) is 1. The van der Waals surface area contributed by atoms with Crippen LogP contribution in [0.15, 0.2) is 10.7 Å². The van der Waals surface area contributed by atoms with Gasteiger partial charge in [-0.15, -0.1) is 0 Å². The lowest BCUT2D eigenvalue weighted by molar-refractivity contribution is 0.154. The molecular weight excluding hydrogens is 294 g/mol. The Morgan fingerprint density at radius 2 is 2.17 bits per heavy atom. The molecule has 0 aliphatic heterocycles. The molecule has 0 unspecified atom stereocenters. The second kappa shape index (κ2) is 6.48. The highest BCUT2D eigenvalue weighted by Gasteiger charge is 2.27. The van der Waals surface area contributed by atoms with Gasteiger partial charge in [-0.3, -0.25) is 0 Å². The van der Waals surface area contributed by atoms with Crippen molar-refractivity contribution < 1.29 is 4.74 Å². The molecule has 0 atom stereocenters. The maximum atomic E-state index is 5.41. The summed E-state index contributed by atoms with van der Waals surface area (Å²) in [6, 6.07) is 1.99. The average molecular weight is 314 g/mol. The molecule has 5 heteroatoms. The quantitative estimate of drug-likeness (QED) is 0.573. The van der Waals surface area contributed by atoms with E-state index in [4.69, 9.17) is 4.74 Å². The number of anilines is 1. The van der Waals surface area contributed by atoms with Crippen LogP contribution in [-0.2, 0) is 4.74 Å². The Bertz CT molecular complexity index is 396. The van der Waals surface area contributed by atoms with E-state index in [0.29, 0.717) is 5.92 Å². The van der Waals surface area contributed by atoms with Crippen LogP contribution in [0.2, 0.25) is 0 Å². The lowest BCUT2D eigenvalue weighted by Crippen LogP contribution is -2.28. The van der Waals surface area contributed by atoms with E-state index in [1.165, 1.54) is 12.8 Å². The van der Waals surface area contributed by atoms with Gasteiger partial charge >= 0.3 is 0 Å². The second-order valence-corrected chi connectivity index (χ2v) is 5.27. The summed E-state index contributed by atoms with van der Waals surface area (Å²) < 4.78 is 6.29. The molecule has 100 valence electrons. The van der Waals surface area contributed by atoms with Gasteiger partial charge in [-0.25, -0.2) is 9.97 Å². The van der Waals surface area contributed by atoms with Crippen molar-refractivity contribution in [2.75, 3.05) is 31.2 Å². The monoisotopic (exact) mass is 313 g/mol. The van der Waals surface area contributed by atoms with Gasteiger partial charge in [0.1, 0.15) is 16.2 Å². The third-order valence-electron chi connectivity index (χ3n) is 3.06. The van der Waals surface area contributed by atoms with Crippen LogP contribution in [0.25, 0.3) is 0 Å². The zero-order chi connectivity index (χ0) is 13.0. The Kier molecular flexibility index (Phi) is 4.95. The Morgan fingerprint density at radius 3 is 2.78 bits per heavy atom. The van der Waals surface area contributed by atoms with Crippen LogP contribution in [0.1, 0.15) is 38.4 Å². The van der Waals surface area contributed by atoms with E-state index < -0.39 is 0 Å². The van der Waals surface area contributed by atoms with Gasteiger partial charge < -0.3 is 9.64 Å². The highest BCUT2D eigenvalue weighted by Crippen LogP contribution is 2.39. The van der Waals surface area contributed by atoms with Gasteiger partial charge in [0.2, 0.25) is 0 Å². The van der Waals surface area contributed by atoms with E-state index in [9.17, 15) is 0 Å². The van der Waals surface area contributed by atoms with Crippen LogP contribution in [0.5, 0.6) is 0 Å². The lowest BCUT2D eigenvalue weighted by atomic mass is 10.3. The van der Waals surface area contributed by atoms with Gasteiger partial charge in [0.15, 0.2) is 0 Å². The minimum Gasteiger partial charge on any atom is -0.380 e. The van der Waals surface area contributed by atoms with Gasteiger partial charge in [0, 0.05) is 31.7 Å². The topological polar surface area (TPSA) is 38.2 Å². The standard InChI is InChI=1S/C13H20BrN3O/c1-3-17(7-8-18-4-2)12-9-11(14)15-13(16-12)10-5-6-10/h9-10H,3-8H2,1-2H3. The first kappa shape index (κ1) is 13.7. The van der Waals surface area contributed by atoms with Crippen molar-refractivity contribution in [2.45, 2.75) is 32.6 Å². The minimum atomic E-state index is 0.576. The van der Waals surface area contributed by atoms with Crippen molar-refractivity contribution in [3.63, 3.8) is 0 Å². The Balaban J connectivity index is 2.08. The number of nitrogens with zero attached hydrogens (tertiary/aromatic N) is 3. The second-order valence-electron chi connectivity index (χ2n) is 4.46. The van der Waals surface area contributed by atoms with Crippen LogP contribution in [0, 0.1) is 0 Å². The van der Waals surface area contributed by atoms with E-state index in [2.05, 4.69) is 37.7 Å². The van der Waals surface area contributed by atoms with Crippen molar-refractivity contribution in [3.8, 4) is 0 Å². The van der Waals surface area contributed by atoms with Crippen molar-refractivity contribution >= 4 is 21.7 Å². The summed E-state index contributed by atoms with van der Waals surface area (Å²) in [5.41, 5.74) is 0. The Labute approximate surface area is 117 Å². The maximum Gasteiger partial charge on any atom is 0.135 e. The van der Waals surface area contributed by atoms with Crippen molar-refractivity contribution in [1.29, 1.82) is 0 Å². The Hall–Kier alpha value is -0.680. The molecular formula is C13H20BrN3O. The molecule has 0 aromatic carbocycles. The SMILES string of the molecule is CCOCCN(CC)c1cc(Br)nc(C2CC2)n1. The molecule has 0 saturated heterocycles. The van der Waals surface area contributed by atoms with Crippen LogP contribution in [0.3, 0.4) is 0 Å². The fraction of sp³-hybridized carbons (Fsp3) is 0.692. The normalized spacial score (nSPS) is 14.8. The summed E-state index contributed by atoms with van der Waals surface area (Å²) in [7, 11) is 0. The van der Waals surface area contributed by atoms with E-state index >= 15 is 0 Å². The van der Waals surface area contributed by atoms with Crippen molar-refractivity contribution in [3.05, 3.63) is 16.5 Å². The smallest absolute Gasteiger partial charge is 0.135 e. The molecule has 1 aliphatic carbocycles. The molecule has 1 saturated carbocycles. The van der Waals surface area contributed by atoms with Crippen LogP contribution >= 0.6 is 15.9 Å². The molecule has 1 fully saturated rings. The lowest BCUT2D eigenvalue weighted by Gasteiger charge is -2.22. The fourth-order valence-electron chi connectivity index (χ4n) is 1.86. The summed E-state index contributed by atoms with van der Waals surface area (Å²) in [4.78, 5) is 11.4. The van der Waals surface area contributed by atoms with Gasteiger partial charge in [-0.1, -0.05) is 0 Å². The zero-order valence-corrected chi connectivity index (χ0v) is 12.6. The molecule has 1 aliphatic rings. The maximum absolute atomic E-state index is 5.41. The summed E-state index contributed by atoms with van der Waals surface area (Å²) in [5.74, 6) is 2.56. The van der Waals surface area contributed by atoms with Crippen LogP contribution < -0.4 is 4.90 Å². The van der Waals surface area contributed by atoms with Crippen molar-refractivity contribution in [2.24, 2.45) is 0 Å². The van der Waals surface area contributed by atoms with E-state index in [1.54, 1.807) is 0 Å². The van der Waals surface area contributed by atoms with E-state index in [-0.39, 0.29) is 0 Å². The number of hydrogen-bond acceptors (Lipinski definition) is 4. The van der Waals surface area contributed by atoms with E-state index in [1.807, 2.05) is 13.0 Å². The zero-order valence-electron chi connectivity index (χ0n) is 11.0. The summed E-state index contributed by atoms with van der Waals surface area (Å²) in [6.45, 7) is 7.46. The molecule has 0 radical (unpaired) electrons. The summed E-state index contributed by atoms with van der Waals surface area (Å²) in [5, 5.41) is 0. The van der Waals surface area contributed by atoms with Crippen molar-refractivity contribution in [1.82, 2.24) is 9.97 Å². The summed E-state index contributed by atoms with van der Waals surface area (Å²) in [6.07, 6.45) is 2.45. The molecule has 4 nitrogen and oxygen atoms in total. The van der Waals surface area contributed by atoms with Gasteiger partial charge in [0.05, 0.1) is 6.61 Å². The third-order valence-corrected chi connectivity index (χ3v) is 3.46. The molecule has 0 spiro atoms. The molecule has 2 rings (SSSR count). The molecule has 1 aromatic rings. The first-order valence-electron chi connectivity index (χ1n) is 6.61. The molecule has 0 bridgehead atoms.